The zero-order valence-corrected chi connectivity index (χ0v) is 7.54. The van der Waals surface area contributed by atoms with Crippen LogP contribution in [-0.2, 0) is 0 Å². The Morgan fingerprint density at radius 3 is 3.30 bits per heavy atom. The Labute approximate surface area is 69.5 Å². The van der Waals surface area contributed by atoms with Crippen LogP contribution in [0.3, 0.4) is 0 Å². The summed E-state index contributed by atoms with van der Waals surface area (Å²) in [5.74, 6) is 0.764. The highest BCUT2D eigenvalue weighted by Crippen LogP contribution is 2.53. The standard InChI is InChI=1S/C8H10S2/c1-2-7-6-4-3-5-8(6)10-9-7/h3-7H,2H2,1H3. The summed E-state index contributed by atoms with van der Waals surface area (Å²) in [5.41, 5.74) is 0. The van der Waals surface area contributed by atoms with Crippen LogP contribution in [0.1, 0.15) is 13.3 Å². The molecular weight excluding hydrogens is 160 g/mol. The quantitative estimate of drug-likeness (QED) is 0.554. The van der Waals surface area contributed by atoms with Crippen LogP contribution in [0.25, 0.3) is 0 Å². The van der Waals surface area contributed by atoms with Crippen molar-refractivity contribution < 1.29 is 0 Å². The smallest absolute Gasteiger partial charge is 0.0261 e. The van der Waals surface area contributed by atoms with Crippen LogP contribution >= 0.6 is 21.6 Å². The Hall–Kier alpha value is 0.180. The molecule has 0 aromatic carbocycles. The van der Waals surface area contributed by atoms with Crippen molar-refractivity contribution in [1.82, 2.24) is 0 Å². The second-order valence-corrected chi connectivity index (χ2v) is 5.12. The van der Waals surface area contributed by atoms with E-state index in [9.17, 15) is 0 Å². The fourth-order valence-electron chi connectivity index (χ4n) is 1.37. The molecule has 54 valence electrons. The van der Waals surface area contributed by atoms with Crippen molar-refractivity contribution >= 4 is 21.6 Å². The van der Waals surface area contributed by atoms with E-state index in [4.69, 9.17) is 0 Å². The maximum atomic E-state index is 2.33. The molecule has 0 saturated carbocycles. The van der Waals surface area contributed by atoms with Gasteiger partial charge >= 0.3 is 0 Å². The lowest BCUT2D eigenvalue weighted by atomic mass is 10.1. The Bertz CT molecular complexity index is 193. The van der Waals surface area contributed by atoms with E-state index in [2.05, 4.69) is 25.2 Å². The third-order valence-corrected chi connectivity index (χ3v) is 5.16. The third kappa shape index (κ3) is 0.940. The van der Waals surface area contributed by atoms with Crippen LogP contribution < -0.4 is 0 Å². The van der Waals surface area contributed by atoms with Gasteiger partial charge in [-0.3, -0.25) is 0 Å². The fourth-order valence-corrected chi connectivity index (χ4v) is 4.64. The molecule has 0 aromatic rings. The van der Waals surface area contributed by atoms with Gasteiger partial charge in [-0.15, -0.1) is 0 Å². The van der Waals surface area contributed by atoms with Crippen LogP contribution in [0.2, 0.25) is 0 Å². The lowest BCUT2D eigenvalue weighted by Crippen LogP contribution is -2.06. The Morgan fingerprint density at radius 1 is 1.60 bits per heavy atom. The topological polar surface area (TPSA) is 0 Å². The SMILES string of the molecule is CCC1SSC2=CC=CC21. The van der Waals surface area contributed by atoms with E-state index >= 15 is 0 Å². The molecule has 2 heteroatoms. The monoisotopic (exact) mass is 170 g/mol. The third-order valence-electron chi connectivity index (χ3n) is 1.98. The zero-order valence-electron chi connectivity index (χ0n) is 5.91. The number of allylic oxidation sites excluding steroid dienone is 4. The summed E-state index contributed by atoms with van der Waals surface area (Å²) in [6.07, 6.45) is 8.06. The van der Waals surface area contributed by atoms with E-state index in [-0.39, 0.29) is 0 Å². The van der Waals surface area contributed by atoms with Gasteiger partial charge in [0.25, 0.3) is 0 Å². The van der Waals surface area contributed by atoms with Gasteiger partial charge in [0.05, 0.1) is 0 Å². The van der Waals surface area contributed by atoms with Crippen molar-refractivity contribution in [3.8, 4) is 0 Å². The number of fused-ring (bicyclic) bond motifs is 1. The molecule has 1 fully saturated rings. The lowest BCUT2D eigenvalue weighted by Gasteiger charge is -2.08. The average molecular weight is 170 g/mol. The molecule has 1 heterocycles. The molecule has 0 nitrogen and oxygen atoms in total. The maximum absolute atomic E-state index is 2.33. The average Bonchev–Trinajstić information content (AvgIpc) is 2.44. The molecule has 0 bridgehead atoms. The summed E-state index contributed by atoms with van der Waals surface area (Å²) in [4.78, 5) is 1.57. The van der Waals surface area contributed by atoms with Gasteiger partial charge in [-0.25, -0.2) is 0 Å². The van der Waals surface area contributed by atoms with Gasteiger partial charge in [-0.05, 0) is 6.42 Å². The van der Waals surface area contributed by atoms with Crippen molar-refractivity contribution in [2.45, 2.75) is 18.6 Å². The van der Waals surface area contributed by atoms with Gasteiger partial charge in [-0.1, -0.05) is 46.7 Å². The van der Waals surface area contributed by atoms with Crippen LogP contribution in [0, 0.1) is 5.92 Å². The van der Waals surface area contributed by atoms with Crippen LogP contribution in [0.4, 0.5) is 0 Å². The van der Waals surface area contributed by atoms with Gasteiger partial charge in [0, 0.05) is 16.1 Å². The van der Waals surface area contributed by atoms with Crippen LogP contribution in [0.5, 0.6) is 0 Å². The van der Waals surface area contributed by atoms with Crippen LogP contribution in [0.15, 0.2) is 23.1 Å². The minimum atomic E-state index is 0.764. The van der Waals surface area contributed by atoms with E-state index in [1.807, 2.05) is 21.6 Å². The largest absolute Gasteiger partial charge is 0.0848 e. The molecule has 2 atom stereocenters. The Morgan fingerprint density at radius 2 is 2.50 bits per heavy atom. The molecule has 2 unspecified atom stereocenters. The molecule has 10 heavy (non-hydrogen) atoms. The van der Waals surface area contributed by atoms with E-state index in [0.717, 1.165) is 11.2 Å². The highest BCUT2D eigenvalue weighted by molar-refractivity contribution is 8.78. The van der Waals surface area contributed by atoms with Gasteiger partial charge < -0.3 is 0 Å². The lowest BCUT2D eigenvalue weighted by molar-refractivity contribution is 0.720. The summed E-state index contributed by atoms with van der Waals surface area (Å²) in [6.45, 7) is 2.27. The molecule has 0 amide bonds. The predicted octanol–water partition coefficient (Wildman–Crippen LogP) is 3.23. The summed E-state index contributed by atoms with van der Waals surface area (Å²) in [5, 5.41) is 0.843. The minimum absolute atomic E-state index is 0.764. The van der Waals surface area contributed by atoms with Crippen molar-refractivity contribution in [2.75, 3.05) is 0 Å². The van der Waals surface area contributed by atoms with E-state index in [0.29, 0.717) is 0 Å². The normalized spacial score (nSPS) is 36.3. The second-order valence-electron chi connectivity index (χ2n) is 2.61. The van der Waals surface area contributed by atoms with Gasteiger partial charge in [0.2, 0.25) is 0 Å². The highest BCUT2D eigenvalue weighted by atomic mass is 33.1. The molecular formula is C8H10S2. The first-order valence-corrected chi connectivity index (χ1v) is 5.85. The van der Waals surface area contributed by atoms with Gasteiger partial charge in [0.1, 0.15) is 0 Å². The summed E-state index contributed by atoms with van der Waals surface area (Å²) in [6, 6.07) is 0. The molecule has 1 aliphatic heterocycles. The molecule has 1 saturated heterocycles. The number of rotatable bonds is 1. The first-order chi connectivity index (χ1) is 4.92. The Balaban J connectivity index is 2.17. The van der Waals surface area contributed by atoms with E-state index in [1.54, 1.807) is 4.91 Å². The molecule has 2 aliphatic rings. The van der Waals surface area contributed by atoms with Gasteiger partial charge in [0.15, 0.2) is 0 Å². The fraction of sp³-hybridized carbons (Fsp3) is 0.500. The molecule has 0 radical (unpaired) electrons. The van der Waals surface area contributed by atoms with Crippen LogP contribution in [-0.4, -0.2) is 5.25 Å². The number of hydrogen-bond donors (Lipinski definition) is 0. The van der Waals surface area contributed by atoms with E-state index in [1.165, 1.54) is 6.42 Å². The van der Waals surface area contributed by atoms with Crippen molar-refractivity contribution in [3.05, 3.63) is 23.1 Å². The molecule has 0 aromatic heterocycles. The first kappa shape index (κ1) is 6.86. The van der Waals surface area contributed by atoms with E-state index < -0.39 is 0 Å². The van der Waals surface area contributed by atoms with Gasteiger partial charge in [-0.2, -0.15) is 0 Å². The molecule has 0 spiro atoms. The number of hydrogen-bond acceptors (Lipinski definition) is 2. The first-order valence-electron chi connectivity index (χ1n) is 3.63. The second kappa shape index (κ2) is 2.67. The maximum Gasteiger partial charge on any atom is 0.0261 e. The molecule has 0 N–H and O–H groups in total. The minimum Gasteiger partial charge on any atom is -0.0848 e. The summed E-state index contributed by atoms with van der Waals surface area (Å²) in [7, 11) is 3.99. The van der Waals surface area contributed by atoms with Crippen molar-refractivity contribution in [2.24, 2.45) is 5.92 Å². The predicted molar refractivity (Wildman–Crippen MR) is 50.0 cm³/mol. The van der Waals surface area contributed by atoms with Crippen molar-refractivity contribution in [3.63, 3.8) is 0 Å². The molecule has 2 rings (SSSR count). The van der Waals surface area contributed by atoms with Crippen molar-refractivity contribution in [1.29, 1.82) is 0 Å². The zero-order chi connectivity index (χ0) is 6.97. The summed E-state index contributed by atoms with van der Waals surface area (Å²) >= 11 is 0. The Kier molecular flexibility index (Phi) is 1.83. The highest BCUT2D eigenvalue weighted by Gasteiger charge is 2.31. The summed E-state index contributed by atoms with van der Waals surface area (Å²) < 4.78 is 0. The molecule has 1 aliphatic carbocycles.